The molecule has 1 saturated heterocycles. The molecular weight excluding hydrogens is 274 g/mol. The highest BCUT2D eigenvalue weighted by Crippen LogP contribution is 2.35. The Balaban J connectivity index is 1.79. The third-order valence-corrected chi connectivity index (χ3v) is 4.45. The summed E-state index contributed by atoms with van der Waals surface area (Å²) in [5.74, 6) is -0.826. The minimum atomic E-state index is -0.826. The van der Waals surface area contributed by atoms with Crippen molar-refractivity contribution in [3.05, 3.63) is 0 Å². The van der Waals surface area contributed by atoms with Gasteiger partial charge in [-0.05, 0) is 19.3 Å². The molecule has 3 amide bonds. The normalized spacial score (nSPS) is 24.8. The highest BCUT2D eigenvalue weighted by atomic mass is 16.4. The summed E-state index contributed by atoms with van der Waals surface area (Å²) in [7, 11) is 0. The molecular formula is C14H23N3O4. The van der Waals surface area contributed by atoms with Crippen LogP contribution >= 0.6 is 0 Å². The van der Waals surface area contributed by atoms with E-state index < -0.39 is 11.4 Å². The standard InChI is InChI=1S/C14H23N3O4/c18-11-5-4-10(8-15-11)17-13(21)16-9-14(12(19)20)6-2-1-3-7-14/h10H,1-9H2,(H,15,18)(H,19,20)(H2,16,17,21). The average molecular weight is 297 g/mol. The van der Waals surface area contributed by atoms with Crippen LogP contribution < -0.4 is 16.0 Å². The Morgan fingerprint density at radius 3 is 2.57 bits per heavy atom. The Hall–Kier alpha value is -1.79. The summed E-state index contributed by atoms with van der Waals surface area (Å²) in [6.07, 6.45) is 5.09. The molecule has 0 aromatic carbocycles. The molecule has 4 N–H and O–H groups in total. The van der Waals surface area contributed by atoms with Crippen LogP contribution in [0.5, 0.6) is 0 Å². The first-order chi connectivity index (χ1) is 10.0. The monoisotopic (exact) mass is 297 g/mol. The zero-order valence-electron chi connectivity index (χ0n) is 12.1. The lowest BCUT2D eigenvalue weighted by Crippen LogP contribution is -2.53. The quantitative estimate of drug-likeness (QED) is 0.609. The number of carbonyl (C=O) groups excluding carboxylic acids is 2. The molecule has 1 unspecified atom stereocenters. The molecule has 2 rings (SSSR count). The highest BCUT2D eigenvalue weighted by Gasteiger charge is 2.39. The lowest BCUT2D eigenvalue weighted by atomic mass is 9.74. The summed E-state index contributed by atoms with van der Waals surface area (Å²) < 4.78 is 0. The second-order valence-electron chi connectivity index (χ2n) is 6.01. The van der Waals surface area contributed by atoms with Crippen molar-refractivity contribution in [1.82, 2.24) is 16.0 Å². The van der Waals surface area contributed by atoms with Gasteiger partial charge in [-0.3, -0.25) is 9.59 Å². The van der Waals surface area contributed by atoms with Crippen LogP contribution in [0.2, 0.25) is 0 Å². The van der Waals surface area contributed by atoms with Crippen LogP contribution in [0.15, 0.2) is 0 Å². The maximum absolute atomic E-state index is 11.9. The number of carboxylic acids is 1. The van der Waals surface area contributed by atoms with E-state index >= 15 is 0 Å². The van der Waals surface area contributed by atoms with Crippen molar-refractivity contribution in [2.75, 3.05) is 13.1 Å². The molecule has 1 heterocycles. The molecule has 1 saturated carbocycles. The second kappa shape index (κ2) is 6.78. The van der Waals surface area contributed by atoms with E-state index in [1.807, 2.05) is 0 Å². The third-order valence-electron chi connectivity index (χ3n) is 4.45. The van der Waals surface area contributed by atoms with Crippen molar-refractivity contribution in [3.8, 4) is 0 Å². The molecule has 1 aliphatic heterocycles. The molecule has 1 atom stereocenters. The summed E-state index contributed by atoms with van der Waals surface area (Å²) >= 11 is 0. The van der Waals surface area contributed by atoms with E-state index in [1.54, 1.807) is 0 Å². The van der Waals surface area contributed by atoms with Crippen molar-refractivity contribution in [3.63, 3.8) is 0 Å². The van der Waals surface area contributed by atoms with E-state index in [0.717, 1.165) is 19.3 Å². The molecule has 0 aromatic heterocycles. The number of hydrogen-bond donors (Lipinski definition) is 4. The number of nitrogens with one attached hydrogen (secondary N) is 3. The molecule has 1 aliphatic carbocycles. The maximum atomic E-state index is 11.9. The fraction of sp³-hybridized carbons (Fsp3) is 0.786. The van der Waals surface area contributed by atoms with Crippen molar-refractivity contribution in [2.45, 2.75) is 51.0 Å². The first-order valence-corrected chi connectivity index (χ1v) is 7.56. The average Bonchev–Trinajstić information content (AvgIpc) is 2.48. The summed E-state index contributed by atoms with van der Waals surface area (Å²) in [6.45, 7) is 0.587. The maximum Gasteiger partial charge on any atom is 0.315 e. The van der Waals surface area contributed by atoms with Gasteiger partial charge in [-0.2, -0.15) is 0 Å². The molecule has 21 heavy (non-hydrogen) atoms. The van der Waals surface area contributed by atoms with Gasteiger partial charge >= 0.3 is 12.0 Å². The second-order valence-corrected chi connectivity index (χ2v) is 6.01. The van der Waals surface area contributed by atoms with Gasteiger partial charge in [-0.1, -0.05) is 19.3 Å². The van der Waals surface area contributed by atoms with Gasteiger partial charge in [-0.25, -0.2) is 4.79 Å². The third kappa shape index (κ3) is 4.09. The van der Waals surface area contributed by atoms with E-state index in [9.17, 15) is 19.5 Å². The van der Waals surface area contributed by atoms with Crippen LogP contribution in [0, 0.1) is 5.41 Å². The minimum Gasteiger partial charge on any atom is -0.481 e. The molecule has 0 spiro atoms. The van der Waals surface area contributed by atoms with Crippen LogP contribution in [0.4, 0.5) is 4.79 Å². The predicted octanol–water partition coefficient (Wildman–Crippen LogP) is 0.599. The van der Waals surface area contributed by atoms with Crippen molar-refractivity contribution in [1.29, 1.82) is 0 Å². The Morgan fingerprint density at radius 2 is 2.00 bits per heavy atom. The lowest BCUT2D eigenvalue weighted by molar-refractivity contribution is -0.150. The fourth-order valence-corrected chi connectivity index (χ4v) is 3.04. The molecule has 2 fully saturated rings. The molecule has 7 nitrogen and oxygen atoms in total. The first kappa shape index (κ1) is 15.6. The Labute approximate surface area is 123 Å². The van der Waals surface area contributed by atoms with Gasteiger partial charge in [-0.15, -0.1) is 0 Å². The number of amides is 3. The number of carboxylic acid groups (broad SMARTS) is 1. The van der Waals surface area contributed by atoms with E-state index in [0.29, 0.717) is 32.2 Å². The van der Waals surface area contributed by atoms with Crippen LogP contribution in [0.25, 0.3) is 0 Å². The van der Waals surface area contributed by atoms with Crippen molar-refractivity contribution in [2.24, 2.45) is 5.41 Å². The van der Waals surface area contributed by atoms with E-state index in [-0.39, 0.29) is 24.5 Å². The topological polar surface area (TPSA) is 108 Å². The van der Waals surface area contributed by atoms with Gasteiger partial charge < -0.3 is 21.1 Å². The molecule has 0 bridgehead atoms. The minimum absolute atomic E-state index is 0.000457. The van der Waals surface area contributed by atoms with Gasteiger partial charge in [0.1, 0.15) is 0 Å². The predicted molar refractivity (Wildman–Crippen MR) is 75.7 cm³/mol. The van der Waals surface area contributed by atoms with Gasteiger partial charge in [0.25, 0.3) is 0 Å². The number of aliphatic carboxylic acids is 1. The Morgan fingerprint density at radius 1 is 1.29 bits per heavy atom. The fourth-order valence-electron chi connectivity index (χ4n) is 3.04. The number of hydrogen-bond acceptors (Lipinski definition) is 3. The van der Waals surface area contributed by atoms with Crippen LogP contribution in [-0.4, -0.2) is 42.1 Å². The first-order valence-electron chi connectivity index (χ1n) is 7.56. The zero-order valence-corrected chi connectivity index (χ0v) is 12.1. The Kier molecular flexibility index (Phi) is 5.03. The molecule has 0 radical (unpaired) electrons. The Bertz CT molecular complexity index is 408. The zero-order chi connectivity index (χ0) is 15.3. The van der Waals surface area contributed by atoms with Gasteiger partial charge in [0, 0.05) is 25.6 Å². The number of piperidine rings is 1. The van der Waals surface area contributed by atoms with Gasteiger partial charge in [0.2, 0.25) is 5.91 Å². The molecule has 118 valence electrons. The summed E-state index contributed by atoms with van der Waals surface area (Å²) in [6, 6.07) is -0.447. The van der Waals surface area contributed by atoms with E-state index in [1.165, 1.54) is 0 Å². The molecule has 7 heteroatoms. The van der Waals surface area contributed by atoms with Crippen LogP contribution in [-0.2, 0) is 9.59 Å². The number of urea groups is 1. The van der Waals surface area contributed by atoms with Crippen molar-refractivity contribution < 1.29 is 19.5 Å². The van der Waals surface area contributed by atoms with E-state index in [4.69, 9.17) is 0 Å². The summed E-state index contributed by atoms with van der Waals surface area (Å²) in [5.41, 5.74) is -0.823. The largest absolute Gasteiger partial charge is 0.481 e. The lowest BCUT2D eigenvalue weighted by Gasteiger charge is -2.33. The van der Waals surface area contributed by atoms with Gasteiger partial charge in [0.05, 0.1) is 5.41 Å². The van der Waals surface area contributed by atoms with E-state index in [2.05, 4.69) is 16.0 Å². The SMILES string of the molecule is O=C1CCC(NC(=O)NCC2(C(=O)O)CCCCC2)CN1. The molecule has 2 aliphatic rings. The summed E-state index contributed by atoms with van der Waals surface area (Å²) in [5, 5.41) is 17.6. The van der Waals surface area contributed by atoms with Crippen LogP contribution in [0.3, 0.4) is 0 Å². The summed E-state index contributed by atoms with van der Waals surface area (Å²) in [4.78, 5) is 34.4. The number of rotatable bonds is 4. The smallest absolute Gasteiger partial charge is 0.315 e. The molecule has 0 aromatic rings. The van der Waals surface area contributed by atoms with Crippen molar-refractivity contribution >= 4 is 17.9 Å². The highest BCUT2D eigenvalue weighted by molar-refractivity contribution is 5.79. The van der Waals surface area contributed by atoms with Gasteiger partial charge in [0.15, 0.2) is 0 Å². The van der Waals surface area contributed by atoms with Crippen LogP contribution in [0.1, 0.15) is 44.9 Å². The number of carbonyl (C=O) groups is 3.